The second-order valence-electron chi connectivity index (χ2n) is 8.98. The smallest absolute Gasteiger partial charge is 0.307 e. The van der Waals surface area contributed by atoms with Gasteiger partial charge in [-0.2, -0.15) is 4.80 Å². The maximum absolute atomic E-state index is 14.8. The van der Waals surface area contributed by atoms with E-state index in [1.54, 1.807) is 31.2 Å². The molecule has 1 saturated heterocycles. The van der Waals surface area contributed by atoms with Crippen LogP contribution in [0.5, 0.6) is 0 Å². The molecule has 2 unspecified atom stereocenters. The molecule has 2 aliphatic rings. The summed E-state index contributed by atoms with van der Waals surface area (Å²) in [6.07, 6.45) is 4.20. The largest absolute Gasteiger partial charge is 0.466 e. The van der Waals surface area contributed by atoms with Crippen LogP contribution in [0.1, 0.15) is 57.0 Å². The quantitative estimate of drug-likeness (QED) is 0.441. The summed E-state index contributed by atoms with van der Waals surface area (Å²) in [4.78, 5) is 40.2. The highest BCUT2D eigenvalue weighted by Crippen LogP contribution is 2.40. The Bertz CT molecular complexity index is 1150. The summed E-state index contributed by atoms with van der Waals surface area (Å²) in [5.41, 5.74) is 1.26. The molecule has 11 heteroatoms. The number of hydrogen-bond donors (Lipinski definition) is 0. The molecule has 0 N–H and O–H groups in total. The number of carbonyl (C=O) groups excluding carboxylic acids is 3. The fraction of sp³-hybridized carbons (Fsp3) is 0.520. The Hall–Kier alpha value is -2.92. The van der Waals surface area contributed by atoms with Crippen molar-refractivity contribution in [3.63, 3.8) is 0 Å². The number of piperidine rings is 1. The number of likely N-dealkylation sites (tertiary alicyclic amines) is 1. The molecule has 2 fully saturated rings. The van der Waals surface area contributed by atoms with Gasteiger partial charge < -0.3 is 4.74 Å². The van der Waals surface area contributed by atoms with Crippen molar-refractivity contribution in [2.24, 2.45) is 5.92 Å². The molecule has 9 nitrogen and oxygen atoms in total. The van der Waals surface area contributed by atoms with Gasteiger partial charge in [-0.1, -0.05) is 30.0 Å². The number of nitrogens with zero attached hydrogens (tertiary/aromatic N) is 5. The van der Waals surface area contributed by atoms with Gasteiger partial charge in [0.05, 0.1) is 25.6 Å². The van der Waals surface area contributed by atoms with Crippen molar-refractivity contribution in [2.45, 2.75) is 57.4 Å². The minimum Gasteiger partial charge on any atom is -0.466 e. The minimum absolute atomic E-state index is 0.00916. The molecule has 1 saturated carbocycles. The minimum atomic E-state index is -0.682. The normalized spacial score (nSPS) is 20.3. The first kappa shape index (κ1) is 26.2. The molecule has 1 aromatic heterocycles. The second-order valence-corrected chi connectivity index (χ2v) is 10.4. The number of esters is 1. The molecule has 2 atom stereocenters. The van der Waals surface area contributed by atoms with Crippen molar-refractivity contribution in [1.82, 2.24) is 25.1 Å². The Labute approximate surface area is 213 Å². The van der Waals surface area contributed by atoms with E-state index in [0.717, 1.165) is 18.4 Å². The van der Waals surface area contributed by atoms with Crippen LogP contribution in [-0.2, 0) is 25.7 Å². The lowest BCUT2D eigenvalue weighted by Crippen LogP contribution is -2.43. The third kappa shape index (κ3) is 6.64. The van der Waals surface area contributed by atoms with Crippen molar-refractivity contribution < 1.29 is 23.5 Å². The van der Waals surface area contributed by atoms with E-state index in [-0.39, 0.29) is 41.0 Å². The first-order valence-corrected chi connectivity index (χ1v) is 13.1. The van der Waals surface area contributed by atoms with Crippen LogP contribution in [0.4, 0.5) is 4.39 Å². The number of benzene rings is 1. The Morgan fingerprint density at radius 3 is 2.72 bits per heavy atom. The number of rotatable bonds is 10. The summed E-state index contributed by atoms with van der Waals surface area (Å²) in [7, 11) is 0. The molecule has 192 valence electrons. The molecule has 4 rings (SSSR count). The number of thioether (sulfide) groups is 1. The second kappa shape index (κ2) is 11.9. The molecule has 0 amide bonds. The number of carbonyl (C=O) groups is 3. The van der Waals surface area contributed by atoms with Crippen molar-refractivity contribution >= 4 is 34.7 Å². The van der Waals surface area contributed by atoms with Crippen molar-refractivity contribution in [1.29, 1.82) is 0 Å². The summed E-state index contributed by atoms with van der Waals surface area (Å²) >= 11 is 1.23. The molecule has 36 heavy (non-hydrogen) atoms. The maximum atomic E-state index is 14.8. The summed E-state index contributed by atoms with van der Waals surface area (Å²) in [6, 6.07) is 5.75. The van der Waals surface area contributed by atoms with E-state index in [1.165, 1.54) is 29.5 Å². The highest BCUT2D eigenvalue weighted by molar-refractivity contribution is 8.14. The molecule has 0 spiro atoms. The summed E-state index contributed by atoms with van der Waals surface area (Å²) < 4.78 is 19.7. The van der Waals surface area contributed by atoms with E-state index >= 15 is 0 Å². The zero-order valence-corrected chi connectivity index (χ0v) is 21.2. The predicted octanol–water partition coefficient (Wildman–Crippen LogP) is 3.22. The SMILES string of the molecule is CCOC(=O)CCn1nnc(C=C2CN(C(C(=O)C3CC3)c3ccccc3F)CCC2SC(C)=O)n1. The van der Waals surface area contributed by atoms with Crippen LogP contribution in [0.15, 0.2) is 29.8 Å². The summed E-state index contributed by atoms with van der Waals surface area (Å²) in [5, 5.41) is 12.3. The van der Waals surface area contributed by atoms with Gasteiger partial charge in [0.1, 0.15) is 5.82 Å². The van der Waals surface area contributed by atoms with Crippen molar-refractivity contribution in [3.05, 3.63) is 47.0 Å². The lowest BCUT2D eigenvalue weighted by atomic mass is 9.93. The number of aryl methyl sites for hydroxylation is 1. The lowest BCUT2D eigenvalue weighted by Gasteiger charge is -2.38. The molecule has 2 heterocycles. The first-order valence-electron chi connectivity index (χ1n) is 12.2. The Balaban J connectivity index is 1.57. The van der Waals surface area contributed by atoms with Crippen LogP contribution >= 0.6 is 11.8 Å². The fourth-order valence-corrected chi connectivity index (χ4v) is 5.31. The van der Waals surface area contributed by atoms with Gasteiger partial charge in [0.25, 0.3) is 0 Å². The molecule has 0 bridgehead atoms. The van der Waals surface area contributed by atoms with E-state index in [2.05, 4.69) is 15.4 Å². The van der Waals surface area contributed by atoms with E-state index in [4.69, 9.17) is 4.74 Å². The third-order valence-electron chi connectivity index (χ3n) is 6.20. The van der Waals surface area contributed by atoms with E-state index in [0.29, 0.717) is 37.5 Å². The molecule has 2 aromatic rings. The van der Waals surface area contributed by atoms with E-state index in [9.17, 15) is 18.8 Å². The number of halogens is 1. The monoisotopic (exact) mass is 515 g/mol. The number of aromatic nitrogens is 4. The van der Waals surface area contributed by atoms with Gasteiger partial charge in [-0.3, -0.25) is 19.3 Å². The van der Waals surface area contributed by atoms with Crippen molar-refractivity contribution in [2.75, 3.05) is 19.7 Å². The molecular formula is C25H30FN5O4S. The number of Topliss-reactive ketones (excluding diaryl/α,β-unsaturated/α-hetero) is 1. The molecule has 1 aliphatic carbocycles. The van der Waals surface area contributed by atoms with Gasteiger partial charge in [-0.15, -0.1) is 10.2 Å². The summed E-state index contributed by atoms with van der Waals surface area (Å²) in [6.45, 7) is 4.74. The standard InChI is InChI=1S/C25H30FN5O4S/c1-3-35-23(33)11-13-31-28-22(27-29-31)14-18-15-30(12-10-21(18)36-16(2)32)24(25(34)17-8-9-17)19-6-4-5-7-20(19)26/h4-7,14,17,21,24H,3,8-13,15H2,1-2H3. The molecule has 1 aliphatic heterocycles. The zero-order chi connectivity index (χ0) is 25.7. The van der Waals surface area contributed by atoms with Crippen LogP contribution in [0, 0.1) is 11.7 Å². The average molecular weight is 516 g/mol. The van der Waals surface area contributed by atoms with Gasteiger partial charge in [-0.25, -0.2) is 4.39 Å². The van der Waals surface area contributed by atoms with Gasteiger partial charge in [-0.05, 0) is 49.1 Å². The van der Waals surface area contributed by atoms with Crippen molar-refractivity contribution in [3.8, 4) is 0 Å². The van der Waals surface area contributed by atoms with Crippen LogP contribution in [0.3, 0.4) is 0 Å². The fourth-order valence-electron chi connectivity index (χ4n) is 4.39. The van der Waals surface area contributed by atoms with Gasteiger partial charge in [0.15, 0.2) is 16.7 Å². The number of ketones is 1. The molecular weight excluding hydrogens is 485 g/mol. The summed E-state index contributed by atoms with van der Waals surface area (Å²) in [5.74, 6) is -0.378. The van der Waals surface area contributed by atoms with Crippen LogP contribution < -0.4 is 0 Å². The number of ether oxygens (including phenoxy) is 1. The lowest BCUT2D eigenvalue weighted by molar-refractivity contribution is -0.143. The van der Waals surface area contributed by atoms with Gasteiger partial charge >= 0.3 is 5.97 Å². The van der Waals surface area contributed by atoms with E-state index < -0.39 is 11.9 Å². The van der Waals surface area contributed by atoms with Gasteiger partial charge in [0.2, 0.25) is 0 Å². The maximum Gasteiger partial charge on any atom is 0.307 e. The van der Waals surface area contributed by atoms with Crippen LogP contribution in [-0.4, -0.2) is 66.9 Å². The van der Waals surface area contributed by atoms with Gasteiger partial charge in [0, 0.05) is 36.7 Å². The van der Waals surface area contributed by atoms with Crippen LogP contribution in [0.25, 0.3) is 6.08 Å². The Morgan fingerprint density at radius 2 is 2.03 bits per heavy atom. The average Bonchev–Trinajstić information content (AvgIpc) is 3.60. The molecule has 1 aromatic carbocycles. The van der Waals surface area contributed by atoms with E-state index in [1.807, 2.05) is 4.90 Å². The number of tetrazole rings is 1. The Kier molecular flexibility index (Phi) is 8.63. The first-order chi connectivity index (χ1) is 17.4. The highest BCUT2D eigenvalue weighted by atomic mass is 32.2. The zero-order valence-electron chi connectivity index (χ0n) is 20.4. The third-order valence-corrected chi connectivity index (χ3v) is 7.36. The highest BCUT2D eigenvalue weighted by Gasteiger charge is 2.41. The Morgan fingerprint density at radius 1 is 1.25 bits per heavy atom. The predicted molar refractivity (Wildman–Crippen MR) is 132 cm³/mol. The van der Waals surface area contributed by atoms with Crippen LogP contribution in [0.2, 0.25) is 0 Å². The molecule has 0 radical (unpaired) electrons. The topological polar surface area (TPSA) is 107 Å². The number of hydrogen-bond acceptors (Lipinski definition) is 9.